The SMILES string of the molecule is CC1=C2C(=O)[C@H]([C@H](C)C(=O)O)CC[C@@]2(C)C=CC1=O. The van der Waals surface area contributed by atoms with Crippen molar-refractivity contribution in [1.29, 1.82) is 0 Å². The average molecular weight is 262 g/mol. The third-order valence-corrected chi connectivity index (χ3v) is 4.47. The van der Waals surface area contributed by atoms with Gasteiger partial charge in [0.2, 0.25) is 0 Å². The first-order chi connectivity index (χ1) is 8.78. The fourth-order valence-electron chi connectivity index (χ4n) is 3.12. The smallest absolute Gasteiger partial charge is 0.306 e. The van der Waals surface area contributed by atoms with Crippen LogP contribution in [0, 0.1) is 17.3 Å². The second-order valence-corrected chi connectivity index (χ2v) is 5.75. The van der Waals surface area contributed by atoms with Gasteiger partial charge in [0.05, 0.1) is 5.92 Å². The summed E-state index contributed by atoms with van der Waals surface area (Å²) in [4.78, 5) is 35.4. The van der Waals surface area contributed by atoms with E-state index in [9.17, 15) is 14.4 Å². The Labute approximate surface area is 112 Å². The van der Waals surface area contributed by atoms with Crippen LogP contribution in [-0.4, -0.2) is 22.6 Å². The Hall–Kier alpha value is -1.71. The normalized spacial score (nSPS) is 32.3. The summed E-state index contributed by atoms with van der Waals surface area (Å²) >= 11 is 0. The number of allylic oxidation sites excluding steroid dienone is 4. The molecule has 2 rings (SSSR count). The number of carboxylic acid groups (broad SMARTS) is 1. The number of carbonyl (C=O) groups excluding carboxylic acids is 2. The summed E-state index contributed by atoms with van der Waals surface area (Å²) in [6.07, 6.45) is 4.57. The number of Topliss-reactive ketones (excluding diaryl/α,β-unsaturated/α-hetero) is 1. The van der Waals surface area contributed by atoms with Gasteiger partial charge >= 0.3 is 5.97 Å². The van der Waals surface area contributed by atoms with Gasteiger partial charge in [-0.05, 0) is 25.8 Å². The summed E-state index contributed by atoms with van der Waals surface area (Å²) in [6.45, 7) is 5.16. The lowest BCUT2D eigenvalue weighted by Crippen LogP contribution is -2.41. The van der Waals surface area contributed by atoms with Crippen molar-refractivity contribution in [3.05, 3.63) is 23.3 Å². The minimum atomic E-state index is -0.960. The Morgan fingerprint density at radius 3 is 2.68 bits per heavy atom. The van der Waals surface area contributed by atoms with Crippen LogP contribution in [0.25, 0.3) is 0 Å². The Morgan fingerprint density at radius 2 is 2.11 bits per heavy atom. The van der Waals surface area contributed by atoms with Crippen molar-refractivity contribution in [3.63, 3.8) is 0 Å². The van der Waals surface area contributed by atoms with Crippen LogP contribution in [0.4, 0.5) is 0 Å². The van der Waals surface area contributed by atoms with Crippen molar-refractivity contribution >= 4 is 17.5 Å². The predicted octanol–water partition coefficient (Wildman–Crippen LogP) is 2.15. The zero-order valence-corrected chi connectivity index (χ0v) is 11.4. The van der Waals surface area contributed by atoms with Crippen LogP contribution in [0.1, 0.15) is 33.6 Å². The first kappa shape index (κ1) is 13.7. The van der Waals surface area contributed by atoms with E-state index < -0.39 is 23.2 Å². The highest BCUT2D eigenvalue weighted by Gasteiger charge is 2.46. The van der Waals surface area contributed by atoms with Crippen molar-refractivity contribution in [2.24, 2.45) is 17.3 Å². The molecule has 0 aromatic heterocycles. The Kier molecular flexibility index (Phi) is 3.20. The monoisotopic (exact) mass is 262 g/mol. The van der Waals surface area contributed by atoms with Gasteiger partial charge in [-0.15, -0.1) is 0 Å². The van der Waals surface area contributed by atoms with E-state index in [-0.39, 0.29) is 11.6 Å². The summed E-state index contributed by atoms with van der Waals surface area (Å²) < 4.78 is 0. The molecule has 1 N–H and O–H groups in total. The summed E-state index contributed by atoms with van der Waals surface area (Å²) in [5, 5.41) is 9.08. The van der Waals surface area contributed by atoms with E-state index in [4.69, 9.17) is 5.11 Å². The number of fused-ring (bicyclic) bond motifs is 1. The van der Waals surface area contributed by atoms with Crippen LogP contribution >= 0.6 is 0 Å². The topological polar surface area (TPSA) is 71.4 Å². The molecule has 1 fully saturated rings. The molecule has 1 saturated carbocycles. The highest BCUT2D eigenvalue weighted by Crippen LogP contribution is 2.47. The van der Waals surface area contributed by atoms with E-state index in [1.165, 1.54) is 6.08 Å². The third-order valence-electron chi connectivity index (χ3n) is 4.47. The van der Waals surface area contributed by atoms with Crippen LogP contribution in [0.15, 0.2) is 23.3 Å². The molecule has 0 aliphatic heterocycles. The molecule has 2 aliphatic carbocycles. The van der Waals surface area contributed by atoms with Crippen LogP contribution in [-0.2, 0) is 14.4 Å². The minimum Gasteiger partial charge on any atom is -0.481 e. The fraction of sp³-hybridized carbons (Fsp3) is 0.533. The molecule has 0 unspecified atom stereocenters. The van der Waals surface area contributed by atoms with Gasteiger partial charge in [-0.3, -0.25) is 14.4 Å². The number of aliphatic carboxylic acids is 1. The minimum absolute atomic E-state index is 0.149. The molecule has 0 heterocycles. The second-order valence-electron chi connectivity index (χ2n) is 5.75. The molecule has 19 heavy (non-hydrogen) atoms. The van der Waals surface area contributed by atoms with Gasteiger partial charge in [0.15, 0.2) is 11.6 Å². The molecule has 0 radical (unpaired) electrons. The lowest BCUT2D eigenvalue weighted by molar-refractivity contribution is -0.146. The van der Waals surface area contributed by atoms with Crippen molar-refractivity contribution in [1.82, 2.24) is 0 Å². The first-order valence-corrected chi connectivity index (χ1v) is 6.50. The Balaban J connectivity index is 2.44. The van der Waals surface area contributed by atoms with Crippen LogP contribution < -0.4 is 0 Å². The van der Waals surface area contributed by atoms with E-state index in [0.29, 0.717) is 24.0 Å². The molecule has 0 amide bonds. The van der Waals surface area contributed by atoms with E-state index >= 15 is 0 Å². The van der Waals surface area contributed by atoms with Crippen LogP contribution in [0.5, 0.6) is 0 Å². The van der Waals surface area contributed by atoms with E-state index in [2.05, 4.69) is 0 Å². The van der Waals surface area contributed by atoms with Crippen molar-refractivity contribution < 1.29 is 19.5 Å². The summed E-state index contributed by atoms with van der Waals surface area (Å²) in [7, 11) is 0. The molecule has 3 atom stereocenters. The van der Waals surface area contributed by atoms with Crippen molar-refractivity contribution in [3.8, 4) is 0 Å². The lowest BCUT2D eigenvalue weighted by atomic mass is 9.61. The molecule has 0 spiro atoms. The molecule has 4 nitrogen and oxygen atoms in total. The Bertz CT molecular complexity index is 526. The molecule has 102 valence electrons. The van der Waals surface area contributed by atoms with Gasteiger partial charge in [0, 0.05) is 22.5 Å². The van der Waals surface area contributed by atoms with Crippen LogP contribution in [0.2, 0.25) is 0 Å². The van der Waals surface area contributed by atoms with Gasteiger partial charge in [-0.25, -0.2) is 0 Å². The number of ketones is 2. The summed E-state index contributed by atoms with van der Waals surface area (Å²) in [5.41, 5.74) is 0.575. The van der Waals surface area contributed by atoms with Crippen molar-refractivity contribution in [2.45, 2.75) is 33.6 Å². The highest BCUT2D eigenvalue weighted by atomic mass is 16.4. The van der Waals surface area contributed by atoms with E-state index in [1.54, 1.807) is 19.9 Å². The molecule has 0 aromatic carbocycles. The van der Waals surface area contributed by atoms with Gasteiger partial charge < -0.3 is 5.11 Å². The molecule has 2 aliphatic rings. The standard InChI is InChI=1S/C15H18O4/c1-8(14(18)19)10-4-6-15(3)7-5-11(16)9(2)12(15)13(10)17/h5,7-8,10H,4,6H2,1-3H3,(H,18,19)/t8-,10-,15-/m0/s1. The van der Waals surface area contributed by atoms with Gasteiger partial charge in [0.1, 0.15) is 0 Å². The van der Waals surface area contributed by atoms with Gasteiger partial charge in [0.25, 0.3) is 0 Å². The molecule has 0 bridgehead atoms. The van der Waals surface area contributed by atoms with E-state index in [1.807, 2.05) is 6.92 Å². The molecular formula is C15H18O4. The van der Waals surface area contributed by atoms with Gasteiger partial charge in [-0.1, -0.05) is 19.9 Å². The zero-order valence-electron chi connectivity index (χ0n) is 11.4. The maximum absolute atomic E-state index is 12.6. The van der Waals surface area contributed by atoms with Gasteiger partial charge in [-0.2, -0.15) is 0 Å². The molecule has 4 heteroatoms. The zero-order chi connectivity index (χ0) is 14.4. The average Bonchev–Trinajstić information content (AvgIpc) is 2.34. The lowest BCUT2D eigenvalue weighted by Gasteiger charge is -2.40. The van der Waals surface area contributed by atoms with E-state index in [0.717, 1.165) is 0 Å². The summed E-state index contributed by atoms with van der Waals surface area (Å²) in [6, 6.07) is 0. The molecule has 0 saturated heterocycles. The quantitative estimate of drug-likeness (QED) is 0.827. The van der Waals surface area contributed by atoms with Crippen LogP contribution in [0.3, 0.4) is 0 Å². The highest BCUT2D eigenvalue weighted by molar-refractivity contribution is 6.14. The maximum Gasteiger partial charge on any atom is 0.306 e. The largest absolute Gasteiger partial charge is 0.481 e. The number of rotatable bonds is 2. The summed E-state index contributed by atoms with van der Waals surface area (Å²) in [5.74, 6) is -2.51. The number of hydrogen-bond acceptors (Lipinski definition) is 3. The Morgan fingerprint density at radius 1 is 1.47 bits per heavy atom. The molecular weight excluding hydrogens is 244 g/mol. The van der Waals surface area contributed by atoms with Crippen molar-refractivity contribution in [2.75, 3.05) is 0 Å². The number of hydrogen-bond donors (Lipinski definition) is 1. The third kappa shape index (κ3) is 2.05. The molecule has 0 aromatic rings. The predicted molar refractivity (Wildman–Crippen MR) is 69.5 cm³/mol. The second kappa shape index (κ2) is 4.44. The maximum atomic E-state index is 12.6. The number of carbonyl (C=O) groups is 3. The number of carboxylic acids is 1. The fourth-order valence-corrected chi connectivity index (χ4v) is 3.12. The first-order valence-electron chi connectivity index (χ1n) is 6.50.